The highest BCUT2D eigenvalue weighted by Gasteiger charge is 2.18. The van der Waals surface area contributed by atoms with Crippen LogP contribution in [-0.4, -0.2) is 25.3 Å². The average molecular weight is 318 g/mol. The van der Waals surface area contributed by atoms with E-state index >= 15 is 0 Å². The first kappa shape index (κ1) is 15.6. The lowest BCUT2D eigenvalue weighted by Gasteiger charge is -2.25. The van der Waals surface area contributed by atoms with E-state index in [1.54, 1.807) is 0 Å². The molecule has 1 N–H and O–H groups in total. The van der Waals surface area contributed by atoms with Gasteiger partial charge in [-0.3, -0.25) is 0 Å². The fraction of sp³-hybridized carbons (Fsp3) is 0.571. The second kappa shape index (κ2) is 7.87. The van der Waals surface area contributed by atoms with Gasteiger partial charge >= 0.3 is 0 Å². The predicted octanol–water partition coefficient (Wildman–Crippen LogP) is 3.53. The molecule has 0 amide bonds. The fourth-order valence-corrected chi connectivity index (χ4v) is 2.48. The third-order valence-corrected chi connectivity index (χ3v) is 3.66. The van der Waals surface area contributed by atoms with Crippen molar-refractivity contribution >= 4 is 15.9 Å². The van der Waals surface area contributed by atoms with Crippen molar-refractivity contribution in [2.24, 2.45) is 0 Å². The van der Waals surface area contributed by atoms with E-state index in [1.165, 1.54) is 12.1 Å². The van der Waals surface area contributed by atoms with Crippen molar-refractivity contribution in [2.45, 2.75) is 39.3 Å². The van der Waals surface area contributed by atoms with Crippen LogP contribution in [0.2, 0.25) is 0 Å². The molecular weight excluding hydrogens is 297 g/mol. The molecule has 18 heavy (non-hydrogen) atoms. The van der Waals surface area contributed by atoms with Crippen LogP contribution < -0.4 is 5.32 Å². The SMILES string of the molecule is CCNC(Cc1ccc(F)cc1Br)C(C)OCC. The summed E-state index contributed by atoms with van der Waals surface area (Å²) in [4.78, 5) is 0. The monoisotopic (exact) mass is 317 g/mol. The van der Waals surface area contributed by atoms with Crippen molar-refractivity contribution in [3.63, 3.8) is 0 Å². The zero-order valence-electron chi connectivity index (χ0n) is 11.2. The molecule has 2 nitrogen and oxygen atoms in total. The van der Waals surface area contributed by atoms with E-state index in [1.807, 2.05) is 13.0 Å². The molecule has 4 heteroatoms. The molecule has 1 aromatic carbocycles. The van der Waals surface area contributed by atoms with Crippen LogP contribution in [0, 0.1) is 5.82 Å². The highest BCUT2D eigenvalue weighted by Crippen LogP contribution is 2.20. The molecule has 0 heterocycles. The van der Waals surface area contributed by atoms with Gasteiger partial charge in [-0.25, -0.2) is 4.39 Å². The molecule has 0 radical (unpaired) electrons. The second-order valence-corrected chi connectivity index (χ2v) is 5.12. The van der Waals surface area contributed by atoms with Gasteiger partial charge in [-0.05, 0) is 44.5 Å². The highest BCUT2D eigenvalue weighted by atomic mass is 79.9. The van der Waals surface area contributed by atoms with Crippen molar-refractivity contribution in [1.29, 1.82) is 0 Å². The number of benzene rings is 1. The smallest absolute Gasteiger partial charge is 0.124 e. The standard InChI is InChI=1S/C14H21BrFNO/c1-4-17-14(10(3)18-5-2)8-11-6-7-12(16)9-13(11)15/h6-7,9-10,14,17H,4-5,8H2,1-3H3. The summed E-state index contributed by atoms with van der Waals surface area (Å²) in [5.74, 6) is -0.219. The molecule has 0 aliphatic carbocycles. The Morgan fingerprint density at radius 1 is 1.39 bits per heavy atom. The second-order valence-electron chi connectivity index (χ2n) is 4.26. The molecule has 1 aromatic rings. The van der Waals surface area contributed by atoms with Crippen molar-refractivity contribution < 1.29 is 9.13 Å². The van der Waals surface area contributed by atoms with Gasteiger partial charge in [-0.2, -0.15) is 0 Å². The maximum atomic E-state index is 13.0. The molecule has 0 fully saturated rings. The third kappa shape index (κ3) is 4.67. The first-order valence-electron chi connectivity index (χ1n) is 6.37. The van der Waals surface area contributed by atoms with Crippen LogP contribution in [0.5, 0.6) is 0 Å². The summed E-state index contributed by atoms with van der Waals surface area (Å²) < 4.78 is 19.5. The molecule has 0 aliphatic heterocycles. The summed E-state index contributed by atoms with van der Waals surface area (Å²) in [5.41, 5.74) is 1.09. The molecule has 0 bridgehead atoms. The van der Waals surface area contributed by atoms with Gasteiger partial charge in [0.25, 0.3) is 0 Å². The number of rotatable bonds is 7. The largest absolute Gasteiger partial charge is 0.377 e. The quantitative estimate of drug-likeness (QED) is 0.830. The molecule has 102 valence electrons. The molecule has 2 unspecified atom stereocenters. The molecule has 0 aliphatic rings. The topological polar surface area (TPSA) is 21.3 Å². The van der Waals surface area contributed by atoms with Crippen LogP contribution in [0.25, 0.3) is 0 Å². The first-order valence-corrected chi connectivity index (χ1v) is 7.16. The van der Waals surface area contributed by atoms with Crippen LogP contribution >= 0.6 is 15.9 Å². The Labute approximate surface area is 117 Å². The van der Waals surface area contributed by atoms with Crippen LogP contribution in [0.15, 0.2) is 22.7 Å². The number of hydrogen-bond donors (Lipinski definition) is 1. The number of halogens is 2. The summed E-state index contributed by atoms with van der Waals surface area (Å²) >= 11 is 3.41. The van der Waals surface area contributed by atoms with Crippen LogP contribution in [-0.2, 0) is 11.2 Å². The van der Waals surface area contributed by atoms with E-state index < -0.39 is 0 Å². The van der Waals surface area contributed by atoms with Gasteiger partial charge in [0.05, 0.1) is 6.10 Å². The van der Waals surface area contributed by atoms with Crippen LogP contribution in [0.3, 0.4) is 0 Å². The molecule has 0 saturated carbocycles. The van der Waals surface area contributed by atoms with Gasteiger partial charge in [-0.1, -0.05) is 28.9 Å². The Morgan fingerprint density at radius 2 is 2.11 bits per heavy atom. The Bertz CT molecular complexity index is 373. The average Bonchev–Trinajstić information content (AvgIpc) is 2.32. The minimum Gasteiger partial charge on any atom is -0.377 e. The maximum absolute atomic E-state index is 13.0. The first-order chi connectivity index (χ1) is 8.58. The molecule has 0 aromatic heterocycles. The molecule has 0 saturated heterocycles. The van der Waals surface area contributed by atoms with Crippen molar-refractivity contribution in [3.8, 4) is 0 Å². The third-order valence-electron chi connectivity index (χ3n) is 2.92. The lowest BCUT2D eigenvalue weighted by atomic mass is 10.0. The van der Waals surface area contributed by atoms with E-state index in [0.29, 0.717) is 6.61 Å². The Morgan fingerprint density at radius 3 is 2.67 bits per heavy atom. The van der Waals surface area contributed by atoms with Gasteiger partial charge in [-0.15, -0.1) is 0 Å². The number of ether oxygens (including phenoxy) is 1. The van der Waals surface area contributed by atoms with Crippen LogP contribution in [0.4, 0.5) is 4.39 Å². The van der Waals surface area contributed by atoms with Crippen LogP contribution in [0.1, 0.15) is 26.3 Å². The van der Waals surface area contributed by atoms with Gasteiger partial charge in [0.2, 0.25) is 0 Å². The Kier molecular flexibility index (Phi) is 6.82. The van der Waals surface area contributed by atoms with E-state index in [4.69, 9.17) is 4.74 Å². The molecular formula is C14H21BrFNO. The maximum Gasteiger partial charge on any atom is 0.124 e. The van der Waals surface area contributed by atoms with Crippen molar-refractivity contribution in [1.82, 2.24) is 5.32 Å². The van der Waals surface area contributed by atoms with Crippen molar-refractivity contribution in [3.05, 3.63) is 34.1 Å². The summed E-state index contributed by atoms with van der Waals surface area (Å²) in [5, 5.41) is 3.42. The summed E-state index contributed by atoms with van der Waals surface area (Å²) in [6, 6.07) is 5.05. The van der Waals surface area contributed by atoms with E-state index in [0.717, 1.165) is 23.0 Å². The summed E-state index contributed by atoms with van der Waals surface area (Å²) in [7, 11) is 0. The lowest BCUT2D eigenvalue weighted by molar-refractivity contribution is 0.0480. The fourth-order valence-electron chi connectivity index (χ4n) is 1.97. The zero-order chi connectivity index (χ0) is 13.5. The number of likely N-dealkylation sites (N-methyl/N-ethyl adjacent to an activating group) is 1. The predicted molar refractivity (Wildman–Crippen MR) is 76.4 cm³/mol. The lowest BCUT2D eigenvalue weighted by Crippen LogP contribution is -2.41. The van der Waals surface area contributed by atoms with Crippen molar-refractivity contribution in [2.75, 3.05) is 13.2 Å². The number of nitrogens with one attached hydrogen (secondary N) is 1. The van der Waals surface area contributed by atoms with Gasteiger partial charge < -0.3 is 10.1 Å². The minimum atomic E-state index is -0.219. The van der Waals surface area contributed by atoms with Gasteiger partial charge in [0, 0.05) is 17.1 Å². The van der Waals surface area contributed by atoms with E-state index in [2.05, 4.69) is 35.1 Å². The van der Waals surface area contributed by atoms with E-state index in [9.17, 15) is 4.39 Å². The normalized spacial score (nSPS) is 14.5. The zero-order valence-corrected chi connectivity index (χ0v) is 12.8. The Hall–Kier alpha value is -0.450. The minimum absolute atomic E-state index is 0.131. The van der Waals surface area contributed by atoms with E-state index in [-0.39, 0.29) is 18.0 Å². The summed E-state index contributed by atoms with van der Waals surface area (Å²) in [6.07, 6.45) is 0.947. The molecule has 2 atom stereocenters. The molecule has 1 rings (SSSR count). The van der Waals surface area contributed by atoms with Gasteiger partial charge in [0.1, 0.15) is 5.82 Å². The highest BCUT2D eigenvalue weighted by molar-refractivity contribution is 9.10. The Balaban J connectivity index is 2.75. The van der Waals surface area contributed by atoms with Gasteiger partial charge in [0.15, 0.2) is 0 Å². The number of hydrogen-bond acceptors (Lipinski definition) is 2. The molecule has 0 spiro atoms. The summed E-state index contributed by atoms with van der Waals surface area (Å²) in [6.45, 7) is 7.72.